The molecule has 0 bridgehead atoms. The Bertz CT molecular complexity index is 708. The smallest absolute Gasteiger partial charge is 0.437 e. The molecule has 0 spiro atoms. The molecule has 24 heavy (non-hydrogen) atoms. The summed E-state index contributed by atoms with van der Waals surface area (Å²) in [5.41, 5.74) is -7.75. The third-order valence-corrected chi connectivity index (χ3v) is 3.68. The summed E-state index contributed by atoms with van der Waals surface area (Å²) in [4.78, 5) is 3.14. The molecule has 2 aromatic rings. The molecule has 0 fully saturated rings. The van der Waals surface area contributed by atoms with Crippen molar-refractivity contribution in [1.29, 1.82) is 0 Å². The fourth-order valence-corrected chi connectivity index (χ4v) is 2.60. The van der Waals surface area contributed by atoms with Crippen LogP contribution < -0.4 is 0 Å². The summed E-state index contributed by atoms with van der Waals surface area (Å²) in [5.74, 6) is 0. The van der Waals surface area contributed by atoms with Crippen molar-refractivity contribution in [3.8, 4) is 0 Å². The molecule has 0 aliphatic heterocycles. The fraction of sp³-hybridized carbons (Fsp3) is 0.357. The van der Waals surface area contributed by atoms with Crippen LogP contribution in [0, 0.1) is 13.0 Å². The third-order valence-electron chi connectivity index (χ3n) is 3.31. The predicted octanol–water partition coefficient (Wildman–Crippen LogP) is 5.43. The lowest BCUT2D eigenvalue weighted by Gasteiger charge is -2.31. The van der Waals surface area contributed by atoms with Crippen LogP contribution in [0.25, 0.3) is 0 Å². The molecule has 2 rings (SSSR count). The lowest BCUT2D eigenvalue weighted by atomic mass is 9.90. The second-order valence-electron chi connectivity index (χ2n) is 4.94. The monoisotopic (exact) mass is 418 g/mol. The van der Waals surface area contributed by atoms with Gasteiger partial charge in [0.05, 0.1) is 12.5 Å². The number of aryl methyl sites for hydroxylation is 1. The van der Waals surface area contributed by atoms with Crippen molar-refractivity contribution in [2.45, 2.75) is 31.4 Å². The van der Waals surface area contributed by atoms with E-state index in [1.54, 1.807) is 0 Å². The maximum atomic E-state index is 14.4. The minimum atomic E-state index is -6.24. The minimum Gasteiger partial charge on any atom is -0.472 e. The van der Waals surface area contributed by atoms with Crippen LogP contribution >= 0.6 is 15.9 Å². The summed E-state index contributed by atoms with van der Waals surface area (Å²) in [6.45, 7) is 1.22. The van der Waals surface area contributed by atoms with Gasteiger partial charge >= 0.3 is 18.0 Å². The molecule has 2 aromatic heterocycles. The zero-order valence-electron chi connectivity index (χ0n) is 11.8. The van der Waals surface area contributed by atoms with Crippen LogP contribution in [-0.4, -0.2) is 17.3 Å². The number of halogens is 8. The molecule has 0 aliphatic carbocycles. The molecule has 0 saturated heterocycles. The molecule has 0 aliphatic rings. The molecular weight excluding hydrogens is 411 g/mol. The summed E-state index contributed by atoms with van der Waals surface area (Å²) in [6.07, 6.45) is -10.6. The number of rotatable bonds is 3. The van der Waals surface area contributed by atoms with E-state index >= 15 is 0 Å². The van der Waals surface area contributed by atoms with Gasteiger partial charge in [-0.25, -0.2) is 9.37 Å². The van der Waals surface area contributed by atoms with Gasteiger partial charge in [-0.3, -0.25) is 0 Å². The van der Waals surface area contributed by atoms with E-state index < -0.39 is 40.3 Å². The van der Waals surface area contributed by atoms with Crippen molar-refractivity contribution in [2.24, 2.45) is 0 Å². The van der Waals surface area contributed by atoms with Gasteiger partial charge in [-0.1, -0.05) is 0 Å². The lowest BCUT2D eigenvalue weighted by Crippen LogP contribution is -2.51. The maximum Gasteiger partial charge on any atom is 0.437 e. The second kappa shape index (κ2) is 6.05. The number of alkyl halides is 7. The van der Waals surface area contributed by atoms with Crippen molar-refractivity contribution < 1.29 is 35.2 Å². The van der Waals surface area contributed by atoms with E-state index in [9.17, 15) is 30.7 Å². The quantitative estimate of drug-likeness (QED) is 0.490. The largest absolute Gasteiger partial charge is 0.472 e. The van der Waals surface area contributed by atoms with E-state index in [-0.39, 0.29) is 11.1 Å². The van der Waals surface area contributed by atoms with Crippen molar-refractivity contribution in [1.82, 2.24) is 4.98 Å². The van der Waals surface area contributed by atoms with Crippen LogP contribution in [0.15, 0.2) is 27.6 Å². The first kappa shape index (κ1) is 18.8. The maximum absolute atomic E-state index is 14.4. The highest BCUT2D eigenvalue weighted by Crippen LogP contribution is 2.54. The zero-order valence-corrected chi connectivity index (χ0v) is 13.4. The molecule has 2 heterocycles. The third kappa shape index (κ3) is 3.15. The van der Waals surface area contributed by atoms with Crippen LogP contribution in [0.2, 0.25) is 0 Å². The molecule has 0 aromatic carbocycles. The van der Waals surface area contributed by atoms with E-state index in [2.05, 4.69) is 27.0 Å². The Morgan fingerprint density at radius 2 is 1.71 bits per heavy atom. The molecule has 131 valence electrons. The highest BCUT2D eigenvalue weighted by Gasteiger charge is 2.75. The number of nitrogens with zero attached hydrogens (tertiary/aromatic N) is 1. The van der Waals surface area contributed by atoms with Crippen molar-refractivity contribution in [2.75, 3.05) is 0 Å². The first-order valence-electron chi connectivity index (χ1n) is 6.30. The number of aromatic nitrogens is 1. The van der Waals surface area contributed by atoms with Gasteiger partial charge < -0.3 is 4.42 Å². The van der Waals surface area contributed by atoms with Gasteiger partial charge in [0.2, 0.25) is 0 Å². The van der Waals surface area contributed by atoms with Crippen LogP contribution in [-0.2, 0) is 12.1 Å². The van der Waals surface area contributed by atoms with Crippen LogP contribution in [0.3, 0.4) is 0 Å². The molecule has 0 atom stereocenters. The van der Waals surface area contributed by atoms with Gasteiger partial charge in [-0.2, -0.15) is 26.3 Å². The Morgan fingerprint density at radius 1 is 1.12 bits per heavy atom. The highest BCUT2D eigenvalue weighted by atomic mass is 79.9. The van der Waals surface area contributed by atoms with Crippen LogP contribution in [0.5, 0.6) is 0 Å². The van der Waals surface area contributed by atoms with Gasteiger partial charge in [-0.15, -0.1) is 0 Å². The number of hydrogen-bond acceptors (Lipinski definition) is 2. The zero-order chi connectivity index (χ0) is 18.3. The number of hydrogen-bond donors (Lipinski definition) is 0. The van der Waals surface area contributed by atoms with Gasteiger partial charge in [0.1, 0.15) is 10.3 Å². The van der Waals surface area contributed by atoms with Crippen LogP contribution in [0.1, 0.15) is 22.4 Å². The fourth-order valence-electron chi connectivity index (χ4n) is 2.13. The van der Waals surface area contributed by atoms with E-state index in [4.69, 9.17) is 4.42 Å². The summed E-state index contributed by atoms with van der Waals surface area (Å²) < 4.78 is 96.9. The van der Waals surface area contributed by atoms with Gasteiger partial charge in [0.15, 0.2) is 0 Å². The Labute approximate surface area is 139 Å². The van der Waals surface area contributed by atoms with Gasteiger partial charge in [0.25, 0.3) is 0 Å². The highest BCUT2D eigenvalue weighted by molar-refractivity contribution is 9.10. The topological polar surface area (TPSA) is 26.0 Å². The normalized spacial score (nSPS) is 13.4. The average Bonchev–Trinajstić information content (AvgIpc) is 2.91. The summed E-state index contributed by atoms with van der Waals surface area (Å²) in [6, 6.07) is 3.78. The SMILES string of the molecule is Cc1[c]c(Br)nc(C(F)(C(F)(F)F)C(F)(F)F)c1Cc1ccoc1. The summed E-state index contributed by atoms with van der Waals surface area (Å²) in [7, 11) is 0. The molecule has 1 radical (unpaired) electrons. The lowest BCUT2D eigenvalue weighted by molar-refractivity contribution is -0.350. The molecule has 2 nitrogen and oxygen atoms in total. The standard InChI is InChI=1S/C14H8BrF7NO/c1-7-4-10(15)23-11(9(7)5-8-2-3-24-6-8)12(16,13(17,18)19)14(20,21)22/h2-3,6H,5H2,1H3. The molecular formula is C14H8BrF7NO. The van der Waals surface area contributed by atoms with Crippen molar-refractivity contribution >= 4 is 15.9 Å². The van der Waals surface area contributed by atoms with Crippen LogP contribution in [0.4, 0.5) is 30.7 Å². The van der Waals surface area contributed by atoms with Crippen molar-refractivity contribution in [3.05, 3.63) is 51.6 Å². The summed E-state index contributed by atoms with van der Waals surface area (Å²) in [5, 5.41) is 0. The second-order valence-corrected chi connectivity index (χ2v) is 5.69. The minimum absolute atomic E-state index is 0.0939. The number of pyridine rings is 1. The van der Waals surface area contributed by atoms with Crippen molar-refractivity contribution in [3.63, 3.8) is 0 Å². The molecule has 0 saturated carbocycles. The molecule has 0 N–H and O–H groups in total. The van der Waals surface area contributed by atoms with Gasteiger partial charge in [-0.05, 0) is 45.6 Å². The number of furan rings is 1. The van der Waals surface area contributed by atoms with E-state index in [1.807, 2.05) is 0 Å². The summed E-state index contributed by atoms with van der Waals surface area (Å²) >= 11 is 2.66. The Hall–Kier alpha value is -1.58. The first-order valence-corrected chi connectivity index (χ1v) is 7.09. The average molecular weight is 419 g/mol. The molecule has 0 unspecified atom stereocenters. The molecule has 0 amide bonds. The van der Waals surface area contributed by atoms with E-state index in [0.29, 0.717) is 0 Å². The predicted molar refractivity (Wildman–Crippen MR) is 71.9 cm³/mol. The Morgan fingerprint density at radius 3 is 2.17 bits per heavy atom. The first-order chi connectivity index (χ1) is 10.9. The van der Waals surface area contributed by atoms with Gasteiger partial charge in [0, 0.05) is 12.5 Å². The van der Waals surface area contributed by atoms with E-state index in [0.717, 1.165) is 6.26 Å². The Balaban J connectivity index is 2.75. The van der Waals surface area contributed by atoms with E-state index in [1.165, 1.54) is 19.3 Å². The Kier molecular flexibility index (Phi) is 4.73. The molecule has 10 heteroatoms.